The number of hydrogen-bond donors (Lipinski definition) is 1. The molecule has 2 N–H and O–H groups in total. The second kappa shape index (κ2) is 5.09. The van der Waals surface area contributed by atoms with Crippen molar-refractivity contribution >= 4 is 10.9 Å². The topological polar surface area (TPSA) is 61.7 Å². The van der Waals surface area contributed by atoms with Crippen molar-refractivity contribution in [2.45, 2.75) is 25.9 Å². The Kier molecular flexibility index (Phi) is 3.28. The third-order valence-electron chi connectivity index (χ3n) is 3.64. The van der Waals surface area contributed by atoms with Crippen LogP contribution in [0, 0.1) is 0 Å². The van der Waals surface area contributed by atoms with Gasteiger partial charge in [0.05, 0.1) is 17.3 Å². The lowest BCUT2D eigenvalue weighted by Crippen LogP contribution is -2.18. The first kappa shape index (κ1) is 12.9. The van der Waals surface area contributed by atoms with Crippen LogP contribution in [-0.4, -0.2) is 19.3 Å². The lowest BCUT2D eigenvalue weighted by molar-refractivity contribution is 0.605. The van der Waals surface area contributed by atoms with Crippen molar-refractivity contribution in [1.82, 2.24) is 19.3 Å². The van der Waals surface area contributed by atoms with Crippen LogP contribution in [0.1, 0.15) is 24.5 Å². The normalized spacial score (nSPS) is 12.9. The average molecular weight is 269 g/mol. The third-order valence-corrected chi connectivity index (χ3v) is 3.64. The third kappa shape index (κ3) is 2.10. The van der Waals surface area contributed by atoms with Crippen molar-refractivity contribution in [1.29, 1.82) is 0 Å². The van der Waals surface area contributed by atoms with Crippen LogP contribution in [0.4, 0.5) is 0 Å². The van der Waals surface area contributed by atoms with E-state index in [1.807, 2.05) is 34.6 Å². The highest BCUT2D eigenvalue weighted by Crippen LogP contribution is 2.22. The van der Waals surface area contributed by atoms with Gasteiger partial charge < -0.3 is 10.3 Å². The molecule has 2 aromatic heterocycles. The predicted molar refractivity (Wildman–Crippen MR) is 79.2 cm³/mol. The van der Waals surface area contributed by atoms with Gasteiger partial charge in [-0.3, -0.25) is 4.68 Å². The fourth-order valence-electron chi connectivity index (χ4n) is 2.62. The van der Waals surface area contributed by atoms with Crippen molar-refractivity contribution in [3.63, 3.8) is 0 Å². The van der Waals surface area contributed by atoms with Gasteiger partial charge in [0.1, 0.15) is 5.82 Å². The molecule has 1 aromatic carbocycles. The molecule has 1 unspecified atom stereocenters. The Hall–Kier alpha value is -2.14. The number of imidazole rings is 1. The monoisotopic (exact) mass is 269 g/mol. The molecule has 0 spiro atoms. The molecule has 0 aliphatic carbocycles. The molecule has 0 bridgehead atoms. The van der Waals surface area contributed by atoms with Crippen LogP contribution in [0.25, 0.3) is 10.9 Å². The van der Waals surface area contributed by atoms with Crippen molar-refractivity contribution in [3.8, 4) is 0 Å². The lowest BCUT2D eigenvalue weighted by Gasteiger charge is -2.10. The molecule has 0 radical (unpaired) electrons. The Labute approximate surface area is 118 Å². The second-order valence-corrected chi connectivity index (χ2v) is 4.99. The highest BCUT2D eigenvalue weighted by Gasteiger charge is 2.16. The fourth-order valence-corrected chi connectivity index (χ4v) is 2.62. The number of para-hydroxylation sites is 1. The molecule has 0 saturated carbocycles. The van der Waals surface area contributed by atoms with E-state index in [0.717, 1.165) is 23.6 Å². The van der Waals surface area contributed by atoms with E-state index in [2.05, 4.69) is 29.1 Å². The summed E-state index contributed by atoms with van der Waals surface area (Å²) in [5.41, 5.74) is 8.49. The molecule has 2 heterocycles. The Morgan fingerprint density at radius 3 is 2.80 bits per heavy atom. The highest BCUT2D eigenvalue weighted by atomic mass is 15.3. The van der Waals surface area contributed by atoms with E-state index >= 15 is 0 Å². The number of nitrogens with zero attached hydrogens (tertiary/aromatic N) is 4. The summed E-state index contributed by atoms with van der Waals surface area (Å²) in [6, 6.07) is 8.15. The lowest BCUT2D eigenvalue weighted by atomic mass is 10.1. The zero-order valence-electron chi connectivity index (χ0n) is 11.8. The summed E-state index contributed by atoms with van der Waals surface area (Å²) < 4.78 is 3.99. The van der Waals surface area contributed by atoms with Crippen LogP contribution in [0.5, 0.6) is 0 Å². The first-order valence-corrected chi connectivity index (χ1v) is 6.88. The SMILES string of the molecule is CCn1nc(CC(N)c2nccn2C)c2ccccc21. The van der Waals surface area contributed by atoms with E-state index in [1.54, 1.807) is 6.20 Å². The second-order valence-electron chi connectivity index (χ2n) is 4.99. The van der Waals surface area contributed by atoms with Gasteiger partial charge in [-0.15, -0.1) is 0 Å². The zero-order valence-corrected chi connectivity index (χ0v) is 11.8. The summed E-state index contributed by atoms with van der Waals surface area (Å²) in [7, 11) is 1.96. The molecule has 0 aliphatic heterocycles. The number of rotatable bonds is 4. The number of benzene rings is 1. The smallest absolute Gasteiger partial charge is 0.125 e. The molecule has 0 aliphatic rings. The quantitative estimate of drug-likeness (QED) is 0.788. The molecule has 0 amide bonds. The van der Waals surface area contributed by atoms with Crippen LogP contribution in [0.15, 0.2) is 36.7 Å². The van der Waals surface area contributed by atoms with Gasteiger partial charge in [-0.1, -0.05) is 18.2 Å². The molecule has 1 atom stereocenters. The maximum Gasteiger partial charge on any atom is 0.125 e. The standard InChI is InChI=1S/C15H19N5/c1-3-20-14-7-5-4-6-11(14)13(18-20)10-12(16)15-17-8-9-19(15)2/h4-9,12H,3,10,16H2,1-2H3. The predicted octanol–water partition coefficient (Wildman–Crippen LogP) is 2.03. The van der Waals surface area contributed by atoms with Crippen molar-refractivity contribution in [3.05, 3.63) is 48.2 Å². The van der Waals surface area contributed by atoms with Gasteiger partial charge in [-0.2, -0.15) is 5.10 Å². The van der Waals surface area contributed by atoms with Crippen LogP contribution < -0.4 is 5.73 Å². The van der Waals surface area contributed by atoms with Gasteiger partial charge in [-0.05, 0) is 13.0 Å². The number of aryl methyl sites for hydroxylation is 2. The highest BCUT2D eigenvalue weighted by molar-refractivity contribution is 5.82. The van der Waals surface area contributed by atoms with Gasteiger partial charge in [-0.25, -0.2) is 4.98 Å². The van der Waals surface area contributed by atoms with Crippen molar-refractivity contribution in [2.24, 2.45) is 12.8 Å². The molecule has 0 saturated heterocycles. The molecule has 5 nitrogen and oxygen atoms in total. The molecule has 104 valence electrons. The number of hydrogen-bond acceptors (Lipinski definition) is 3. The van der Waals surface area contributed by atoms with Gasteiger partial charge in [0.25, 0.3) is 0 Å². The first-order chi connectivity index (χ1) is 9.70. The van der Waals surface area contributed by atoms with Crippen molar-refractivity contribution in [2.75, 3.05) is 0 Å². The average Bonchev–Trinajstić information content (AvgIpc) is 3.03. The molecule has 0 fully saturated rings. The largest absolute Gasteiger partial charge is 0.337 e. The van der Waals surface area contributed by atoms with E-state index in [0.29, 0.717) is 6.42 Å². The minimum atomic E-state index is -0.140. The van der Waals surface area contributed by atoms with E-state index in [4.69, 9.17) is 5.73 Å². The molecular formula is C15H19N5. The zero-order chi connectivity index (χ0) is 14.1. The van der Waals surface area contributed by atoms with Gasteiger partial charge in [0.2, 0.25) is 0 Å². The fraction of sp³-hybridized carbons (Fsp3) is 0.333. The van der Waals surface area contributed by atoms with Gasteiger partial charge in [0, 0.05) is 37.8 Å². The van der Waals surface area contributed by atoms with E-state index in [-0.39, 0.29) is 6.04 Å². The van der Waals surface area contributed by atoms with Gasteiger partial charge >= 0.3 is 0 Å². The number of nitrogens with two attached hydrogens (primary N) is 1. The molecular weight excluding hydrogens is 250 g/mol. The maximum absolute atomic E-state index is 6.28. The summed E-state index contributed by atoms with van der Waals surface area (Å²) in [5, 5.41) is 5.87. The summed E-state index contributed by atoms with van der Waals surface area (Å²) in [4.78, 5) is 4.32. The van der Waals surface area contributed by atoms with Crippen LogP contribution >= 0.6 is 0 Å². The number of fused-ring (bicyclic) bond motifs is 1. The summed E-state index contributed by atoms with van der Waals surface area (Å²) >= 11 is 0. The van der Waals surface area contributed by atoms with Crippen LogP contribution in [0.3, 0.4) is 0 Å². The Bertz CT molecular complexity index is 725. The molecule has 3 aromatic rings. The van der Waals surface area contributed by atoms with Crippen LogP contribution in [-0.2, 0) is 20.0 Å². The van der Waals surface area contributed by atoms with E-state index in [9.17, 15) is 0 Å². The van der Waals surface area contributed by atoms with Crippen molar-refractivity contribution < 1.29 is 0 Å². The minimum Gasteiger partial charge on any atom is -0.337 e. The summed E-state index contributed by atoms with van der Waals surface area (Å²) in [6.07, 6.45) is 4.38. The van der Waals surface area contributed by atoms with Crippen LogP contribution in [0.2, 0.25) is 0 Å². The molecule has 20 heavy (non-hydrogen) atoms. The Balaban J connectivity index is 1.97. The maximum atomic E-state index is 6.28. The minimum absolute atomic E-state index is 0.140. The van der Waals surface area contributed by atoms with E-state index in [1.165, 1.54) is 5.39 Å². The first-order valence-electron chi connectivity index (χ1n) is 6.88. The Morgan fingerprint density at radius 2 is 2.10 bits per heavy atom. The molecule has 5 heteroatoms. The molecule has 3 rings (SSSR count). The Morgan fingerprint density at radius 1 is 1.30 bits per heavy atom. The summed E-state index contributed by atoms with van der Waals surface area (Å²) in [6.45, 7) is 2.96. The summed E-state index contributed by atoms with van der Waals surface area (Å²) in [5.74, 6) is 0.889. The van der Waals surface area contributed by atoms with Gasteiger partial charge in [0.15, 0.2) is 0 Å². The number of aromatic nitrogens is 4. The van der Waals surface area contributed by atoms with E-state index < -0.39 is 0 Å².